The van der Waals surface area contributed by atoms with Crippen molar-refractivity contribution in [2.75, 3.05) is 11.9 Å². The summed E-state index contributed by atoms with van der Waals surface area (Å²) >= 11 is 3.22. The SMILES string of the molecule is C=C(Br)CNc1ccc([N+](=O)[O-])c(C)c1. The van der Waals surface area contributed by atoms with E-state index in [1.165, 1.54) is 6.07 Å². The van der Waals surface area contributed by atoms with Gasteiger partial charge < -0.3 is 5.32 Å². The molecule has 0 unspecified atom stereocenters. The largest absolute Gasteiger partial charge is 0.380 e. The summed E-state index contributed by atoms with van der Waals surface area (Å²) in [5.74, 6) is 0. The van der Waals surface area contributed by atoms with Gasteiger partial charge in [0.15, 0.2) is 0 Å². The summed E-state index contributed by atoms with van der Waals surface area (Å²) in [6.07, 6.45) is 0. The third kappa shape index (κ3) is 3.36. The van der Waals surface area contributed by atoms with Gasteiger partial charge in [-0.15, -0.1) is 0 Å². The van der Waals surface area contributed by atoms with E-state index in [4.69, 9.17) is 0 Å². The monoisotopic (exact) mass is 270 g/mol. The molecule has 1 N–H and O–H groups in total. The maximum Gasteiger partial charge on any atom is 0.272 e. The van der Waals surface area contributed by atoms with E-state index in [0.717, 1.165) is 10.2 Å². The third-order valence-electron chi connectivity index (χ3n) is 1.88. The van der Waals surface area contributed by atoms with Gasteiger partial charge in [0, 0.05) is 28.3 Å². The zero-order valence-corrected chi connectivity index (χ0v) is 9.87. The summed E-state index contributed by atoms with van der Waals surface area (Å²) in [5.41, 5.74) is 1.63. The molecule has 0 aromatic heterocycles. The Morgan fingerprint density at radius 3 is 2.80 bits per heavy atom. The van der Waals surface area contributed by atoms with E-state index in [-0.39, 0.29) is 10.6 Å². The van der Waals surface area contributed by atoms with Crippen molar-refractivity contribution in [2.24, 2.45) is 0 Å². The summed E-state index contributed by atoms with van der Waals surface area (Å²) in [6, 6.07) is 4.92. The van der Waals surface area contributed by atoms with Crippen LogP contribution in [0, 0.1) is 17.0 Å². The topological polar surface area (TPSA) is 55.2 Å². The van der Waals surface area contributed by atoms with Crippen LogP contribution in [-0.2, 0) is 0 Å². The zero-order valence-electron chi connectivity index (χ0n) is 8.29. The first-order valence-electron chi connectivity index (χ1n) is 4.33. The Hall–Kier alpha value is -1.36. The standard InChI is InChI=1S/C10H11BrN2O2/c1-7-5-9(12-6-8(2)11)3-4-10(7)13(14)15/h3-5,12H,2,6H2,1H3. The summed E-state index contributed by atoms with van der Waals surface area (Å²) in [4.78, 5) is 10.2. The minimum absolute atomic E-state index is 0.137. The van der Waals surface area contributed by atoms with Gasteiger partial charge in [0.2, 0.25) is 0 Å². The average Bonchev–Trinajstić information content (AvgIpc) is 2.14. The lowest BCUT2D eigenvalue weighted by molar-refractivity contribution is -0.385. The van der Waals surface area contributed by atoms with E-state index >= 15 is 0 Å². The average molecular weight is 271 g/mol. The summed E-state index contributed by atoms with van der Waals surface area (Å²) in [5, 5.41) is 13.6. The van der Waals surface area contributed by atoms with Gasteiger partial charge in [-0.3, -0.25) is 10.1 Å². The molecule has 0 radical (unpaired) electrons. The van der Waals surface area contributed by atoms with Crippen LogP contribution in [0.25, 0.3) is 0 Å². The number of anilines is 1. The highest BCUT2D eigenvalue weighted by Crippen LogP contribution is 2.21. The number of aryl methyl sites for hydroxylation is 1. The Balaban J connectivity index is 2.82. The van der Waals surface area contributed by atoms with Crippen molar-refractivity contribution >= 4 is 27.3 Å². The molecule has 0 amide bonds. The number of hydrogen-bond acceptors (Lipinski definition) is 3. The van der Waals surface area contributed by atoms with E-state index in [9.17, 15) is 10.1 Å². The molecule has 0 saturated carbocycles. The normalized spacial score (nSPS) is 9.73. The van der Waals surface area contributed by atoms with Crippen LogP contribution >= 0.6 is 15.9 Å². The number of hydrogen-bond donors (Lipinski definition) is 1. The molecule has 0 aliphatic rings. The van der Waals surface area contributed by atoms with Gasteiger partial charge in [-0.1, -0.05) is 22.5 Å². The van der Waals surface area contributed by atoms with Gasteiger partial charge in [0.05, 0.1) is 4.92 Å². The first kappa shape index (κ1) is 11.7. The van der Waals surface area contributed by atoms with Gasteiger partial charge in [0.25, 0.3) is 5.69 Å². The van der Waals surface area contributed by atoms with Crippen LogP contribution < -0.4 is 5.32 Å². The zero-order chi connectivity index (χ0) is 11.4. The summed E-state index contributed by atoms with van der Waals surface area (Å²) < 4.78 is 0.832. The smallest absolute Gasteiger partial charge is 0.272 e. The number of nitrogens with zero attached hydrogens (tertiary/aromatic N) is 1. The lowest BCUT2D eigenvalue weighted by atomic mass is 10.2. The predicted molar refractivity (Wildman–Crippen MR) is 64.4 cm³/mol. The lowest BCUT2D eigenvalue weighted by Crippen LogP contribution is -2.01. The molecule has 0 atom stereocenters. The highest BCUT2D eigenvalue weighted by atomic mass is 79.9. The van der Waals surface area contributed by atoms with Crippen LogP contribution in [0.1, 0.15) is 5.56 Å². The van der Waals surface area contributed by atoms with Gasteiger partial charge in [0.1, 0.15) is 0 Å². The molecule has 0 saturated heterocycles. The molecule has 0 aliphatic carbocycles. The van der Waals surface area contributed by atoms with Crippen molar-refractivity contribution in [3.63, 3.8) is 0 Å². The number of halogens is 1. The van der Waals surface area contributed by atoms with Crippen LogP contribution in [-0.4, -0.2) is 11.5 Å². The van der Waals surface area contributed by atoms with Crippen molar-refractivity contribution < 1.29 is 4.92 Å². The van der Waals surface area contributed by atoms with E-state index < -0.39 is 0 Å². The summed E-state index contributed by atoms with van der Waals surface area (Å²) in [6.45, 7) is 5.99. The van der Waals surface area contributed by atoms with Crippen LogP contribution in [0.15, 0.2) is 29.3 Å². The fraction of sp³-hybridized carbons (Fsp3) is 0.200. The lowest BCUT2D eigenvalue weighted by Gasteiger charge is -2.06. The number of rotatable bonds is 4. The highest BCUT2D eigenvalue weighted by Gasteiger charge is 2.09. The Morgan fingerprint density at radius 2 is 2.33 bits per heavy atom. The third-order valence-corrected chi connectivity index (χ3v) is 2.16. The van der Waals surface area contributed by atoms with Crippen molar-refractivity contribution in [2.45, 2.75) is 6.92 Å². The van der Waals surface area contributed by atoms with E-state index in [0.29, 0.717) is 12.1 Å². The maximum atomic E-state index is 10.6. The number of benzene rings is 1. The molecule has 80 valence electrons. The van der Waals surface area contributed by atoms with E-state index in [1.54, 1.807) is 19.1 Å². The second-order valence-corrected chi connectivity index (χ2v) is 4.25. The minimum Gasteiger partial charge on any atom is -0.380 e. The maximum absolute atomic E-state index is 10.6. The van der Waals surface area contributed by atoms with Gasteiger partial charge in [-0.25, -0.2) is 0 Å². The number of nitrogens with one attached hydrogen (secondary N) is 1. The molecule has 4 nitrogen and oxygen atoms in total. The van der Waals surface area contributed by atoms with Crippen LogP contribution in [0.5, 0.6) is 0 Å². The fourth-order valence-electron chi connectivity index (χ4n) is 1.17. The van der Waals surface area contributed by atoms with E-state index in [2.05, 4.69) is 27.8 Å². The van der Waals surface area contributed by atoms with E-state index in [1.807, 2.05) is 0 Å². The van der Waals surface area contributed by atoms with Crippen molar-refractivity contribution in [3.8, 4) is 0 Å². The first-order chi connectivity index (χ1) is 7.00. The molecule has 0 spiro atoms. The van der Waals surface area contributed by atoms with Gasteiger partial charge >= 0.3 is 0 Å². The Labute approximate surface area is 96.3 Å². The second-order valence-electron chi connectivity index (χ2n) is 3.13. The Bertz CT molecular complexity index is 404. The quantitative estimate of drug-likeness (QED) is 0.675. The predicted octanol–water partition coefficient (Wildman–Crippen LogP) is 3.22. The Morgan fingerprint density at radius 1 is 1.67 bits per heavy atom. The molecule has 5 heteroatoms. The second kappa shape index (κ2) is 4.93. The molecular weight excluding hydrogens is 260 g/mol. The van der Waals surface area contributed by atoms with Crippen molar-refractivity contribution in [1.82, 2.24) is 0 Å². The molecule has 0 fully saturated rings. The number of nitro benzene ring substituents is 1. The van der Waals surface area contributed by atoms with Crippen LogP contribution in [0.4, 0.5) is 11.4 Å². The molecule has 1 rings (SSSR count). The molecule has 0 aliphatic heterocycles. The highest BCUT2D eigenvalue weighted by molar-refractivity contribution is 9.11. The van der Waals surface area contributed by atoms with Crippen molar-refractivity contribution in [3.05, 3.63) is 44.9 Å². The molecule has 15 heavy (non-hydrogen) atoms. The van der Waals surface area contributed by atoms with Gasteiger partial charge in [-0.2, -0.15) is 0 Å². The van der Waals surface area contributed by atoms with Crippen molar-refractivity contribution in [1.29, 1.82) is 0 Å². The molecule has 1 aromatic rings. The minimum atomic E-state index is -0.386. The molecule has 0 bridgehead atoms. The fourth-order valence-corrected chi connectivity index (χ4v) is 1.31. The molecular formula is C10H11BrN2O2. The van der Waals surface area contributed by atoms with Gasteiger partial charge in [-0.05, 0) is 19.1 Å². The Kier molecular flexibility index (Phi) is 3.85. The van der Waals surface area contributed by atoms with Crippen LogP contribution in [0.2, 0.25) is 0 Å². The molecule has 1 aromatic carbocycles. The first-order valence-corrected chi connectivity index (χ1v) is 5.12. The van der Waals surface area contributed by atoms with Crippen LogP contribution in [0.3, 0.4) is 0 Å². The molecule has 0 heterocycles. The number of nitro groups is 1. The summed E-state index contributed by atoms with van der Waals surface area (Å²) in [7, 11) is 0.